The molecule has 9 heteroatoms. The van der Waals surface area contributed by atoms with Crippen molar-refractivity contribution in [1.29, 1.82) is 0 Å². The summed E-state index contributed by atoms with van der Waals surface area (Å²) in [5.41, 5.74) is -0.718. The molecule has 130 valence electrons. The molecule has 0 aliphatic rings. The normalized spacial score (nSPS) is 13.1. The highest BCUT2D eigenvalue weighted by molar-refractivity contribution is 6.76. The molecule has 0 aliphatic heterocycles. The average Bonchev–Trinajstić information content (AvgIpc) is 2.88. The van der Waals surface area contributed by atoms with Crippen molar-refractivity contribution in [3.05, 3.63) is 35.3 Å². The van der Waals surface area contributed by atoms with Gasteiger partial charge < -0.3 is 15.4 Å². The van der Waals surface area contributed by atoms with E-state index in [-0.39, 0.29) is 11.1 Å². The third-order valence-corrected chi connectivity index (χ3v) is 5.06. The summed E-state index contributed by atoms with van der Waals surface area (Å²) in [6.07, 6.45) is 0. The first-order valence-corrected chi connectivity index (χ1v) is 10.9. The number of carbonyl (C=O) groups excluding carboxylic acids is 1. The van der Waals surface area contributed by atoms with Gasteiger partial charge in [0.05, 0.1) is 5.52 Å². The molecular formula is C15H17F3N2O3Si. The number of aromatic nitrogens is 1. The SMILES string of the molecule is C[Si](C)(C)C[C@H](NC(=O)c1cc2c(F)cc(F)c(F)c2[nH]1)C(=O)O. The molecule has 1 aromatic carbocycles. The topological polar surface area (TPSA) is 82.2 Å². The Morgan fingerprint density at radius 3 is 2.38 bits per heavy atom. The number of aliphatic carboxylic acids is 1. The van der Waals surface area contributed by atoms with Gasteiger partial charge in [-0.2, -0.15) is 0 Å². The van der Waals surface area contributed by atoms with Gasteiger partial charge in [-0.05, 0) is 12.1 Å². The second-order valence-electron chi connectivity index (χ2n) is 6.75. The molecule has 0 unspecified atom stereocenters. The molecule has 2 rings (SSSR count). The van der Waals surface area contributed by atoms with Crippen LogP contribution < -0.4 is 5.32 Å². The maximum atomic E-state index is 13.7. The monoisotopic (exact) mass is 358 g/mol. The second-order valence-corrected chi connectivity index (χ2v) is 12.3. The fraction of sp³-hybridized carbons (Fsp3) is 0.333. The van der Waals surface area contributed by atoms with E-state index in [1.807, 2.05) is 19.6 Å². The summed E-state index contributed by atoms with van der Waals surface area (Å²) in [4.78, 5) is 25.8. The standard InChI is InChI=1S/C15H17F3N2O3Si/c1-24(2,3)6-11(15(22)23)20-14(21)10-4-7-8(16)5-9(17)12(18)13(7)19-10/h4-5,11,19H,6H2,1-3H3,(H,20,21)(H,22,23)/t11-/m0/s1. The maximum Gasteiger partial charge on any atom is 0.325 e. The summed E-state index contributed by atoms with van der Waals surface area (Å²) < 4.78 is 40.6. The molecule has 1 amide bonds. The largest absolute Gasteiger partial charge is 0.480 e. The van der Waals surface area contributed by atoms with E-state index in [9.17, 15) is 27.9 Å². The number of halogens is 3. The molecule has 1 atom stereocenters. The lowest BCUT2D eigenvalue weighted by molar-refractivity contribution is -0.138. The van der Waals surface area contributed by atoms with Gasteiger partial charge in [0.15, 0.2) is 11.6 Å². The minimum atomic E-state index is -1.78. The van der Waals surface area contributed by atoms with E-state index in [2.05, 4.69) is 10.3 Å². The first-order valence-electron chi connectivity index (χ1n) is 7.19. The molecule has 0 saturated carbocycles. The average molecular weight is 358 g/mol. The fourth-order valence-corrected chi connectivity index (χ4v) is 3.86. The Bertz CT molecular complexity index is 814. The number of carboxylic acid groups (broad SMARTS) is 1. The molecular weight excluding hydrogens is 341 g/mol. The molecule has 0 radical (unpaired) electrons. The number of H-pyrrole nitrogens is 1. The molecule has 0 saturated heterocycles. The van der Waals surface area contributed by atoms with Crippen molar-refractivity contribution in [2.24, 2.45) is 0 Å². The number of fused-ring (bicyclic) bond motifs is 1. The van der Waals surface area contributed by atoms with Gasteiger partial charge >= 0.3 is 5.97 Å². The first-order chi connectivity index (χ1) is 11.0. The van der Waals surface area contributed by atoms with E-state index in [0.29, 0.717) is 12.1 Å². The fourth-order valence-electron chi connectivity index (χ4n) is 2.36. The molecule has 5 nitrogen and oxygen atoms in total. The van der Waals surface area contributed by atoms with Gasteiger partial charge in [-0.1, -0.05) is 19.6 Å². The molecule has 0 spiro atoms. The van der Waals surface area contributed by atoms with Gasteiger partial charge in [-0.15, -0.1) is 0 Å². The van der Waals surface area contributed by atoms with E-state index < -0.39 is 49.0 Å². The number of carbonyl (C=O) groups is 2. The van der Waals surface area contributed by atoms with E-state index in [1.165, 1.54) is 0 Å². The van der Waals surface area contributed by atoms with E-state index >= 15 is 0 Å². The van der Waals surface area contributed by atoms with Crippen LogP contribution in [0.25, 0.3) is 10.9 Å². The van der Waals surface area contributed by atoms with Gasteiger partial charge in [-0.25, -0.2) is 13.2 Å². The quantitative estimate of drug-likeness (QED) is 0.567. The highest BCUT2D eigenvalue weighted by atomic mass is 28.3. The molecule has 3 N–H and O–H groups in total. The molecule has 0 fully saturated rings. The number of rotatable bonds is 5. The zero-order chi connectivity index (χ0) is 18.2. The molecule has 24 heavy (non-hydrogen) atoms. The molecule has 1 aromatic heterocycles. The van der Waals surface area contributed by atoms with Crippen LogP contribution in [0.15, 0.2) is 12.1 Å². The number of benzene rings is 1. The third-order valence-electron chi connectivity index (χ3n) is 3.42. The molecule has 1 heterocycles. The van der Waals surface area contributed by atoms with Crippen LogP contribution in [-0.2, 0) is 4.79 Å². The Morgan fingerprint density at radius 2 is 1.83 bits per heavy atom. The Labute approximate surface area is 136 Å². The van der Waals surface area contributed by atoms with Crippen molar-refractivity contribution in [3.63, 3.8) is 0 Å². The number of carboxylic acids is 1. The third kappa shape index (κ3) is 3.78. The lowest BCUT2D eigenvalue weighted by Crippen LogP contribution is -2.45. The minimum absolute atomic E-state index is 0.241. The lowest BCUT2D eigenvalue weighted by Gasteiger charge is -2.22. The van der Waals surface area contributed by atoms with Crippen molar-refractivity contribution in [3.8, 4) is 0 Å². The van der Waals surface area contributed by atoms with Gasteiger partial charge in [0.2, 0.25) is 0 Å². The zero-order valence-electron chi connectivity index (χ0n) is 13.3. The Hall–Kier alpha value is -2.29. The van der Waals surface area contributed by atoms with Gasteiger partial charge in [0.1, 0.15) is 17.6 Å². The maximum absolute atomic E-state index is 13.7. The number of hydrogen-bond donors (Lipinski definition) is 3. The zero-order valence-corrected chi connectivity index (χ0v) is 14.3. The lowest BCUT2D eigenvalue weighted by atomic mass is 10.2. The predicted molar refractivity (Wildman–Crippen MR) is 85.2 cm³/mol. The van der Waals surface area contributed by atoms with Gasteiger partial charge in [0.25, 0.3) is 5.91 Å². The van der Waals surface area contributed by atoms with Crippen molar-refractivity contribution in [1.82, 2.24) is 10.3 Å². The number of nitrogens with one attached hydrogen (secondary N) is 2. The number of aromatic amines is 1. The van der Waals surface area contributed by atoms with E-state index in [1.54, 1.807) is 0 Å². The number of amides is 1. The van der Waals surface area contributed by atoms with Crippen LogP contribution in [0.4, 0.5) is 13.2 Å². The highest BCUT2D eigenvalue weighted by Crippen LogP contribution is 2.24. The summed E-state index contributed by atoms with van der Waals surface area (Å²) in [5.74, 6) is -5.71. The molecule has 0 bridgehead atoms. The molecule has 2 aromatic rings. The summed E-state index contributed by atoms with van der Waals surface area (Å²) in [5, 5.41) is 11.3. The minimum Gasteiger partial charge on any atom is -0.480 e. The molecule has 0 aliphatic carbocycles. The van der Waals surface area contributed by atoms with Crippen LogP contribution in [-0.4, -0.2) is 36.1 Å². The summed E-state index contributed by atoms with van der Waals surface area (Å²) >= 11 is 0. The smallest absolute Gasteiger partial charge is 0.325 e. The van der Waals surface area contributed by atoms with Crippen LogP contribution in [0, 0.1) is 17.5 Å². The van der Waals surface area contributed by atoms with Crippen molar-refractivity contribution in [2.45, 2.75) is 31.7 Å². The van der Waals surface area contributed by atoms with E-state index in [0.717, 1.165) is 6.07 Å². The second kappa shape index (κ2) is 6.31. The summed E-state index contributed by atoms with van der Waals surface area (Å²) in [7, 11) is -1.78. The Kier molecular flexibility index (Phi) is 4.74. The first kappa shape index (κ1) is 18.1. The van der Waals surface area contributed by atoms with Crippen molar-refractivity contribution < 1.29 is 27.9 Å². The summed E-state index contributed by atoms with van der Waals surface area (Å²) in [6, 6.07) is 0.599. The van der Waals surface area contributed by atoms with Gasteiger partial charge in [0, 0.05) is 19.5 Å². The van der Waals surface area contributed by atoms with E-state index in [4.69, 9.17) is 0 Å². The Balaban J connectivity index is 2.32. The van der Waals surface area contributed by atoms with Crippen LogP contribution in [0.3, 0.4) is 0 Å². The van der Waals surface area contributed by atoms with Crippen LogP contribution in [0.2, 0.25) is 25.7 Å². The van der Waals surface area contributed by atoms with Gasteiger partial charge in [-0.3, -0.25) is 9.59 Å². The van der Waals surface area contributed by atoms with Crippen LogP contribution in [0.5, 0.6) is 0 Å². The van der Waals surface area contributed by atoms with Crippen LogP contribution in [0.1, 0.15) is 10.5 Å². The summed E-state index contributed by atoms with van der Waals surface area (Å²) in [6.45, 7) is 5.85. The van der Waals surface area contributed by atoms with Crippen molar-refractivity contribution in [2.75, 3.05) is 0 Å². The predicted octanol–water partition coefficient (Wildman–Crippen LogP) is 3.11. The Morgan fingerprint density at radius 1 is 1.21 bits per heavy atom. The highest BCUT2D eigenvalue weighted by Gasteiger charge is 2.28. The van der Waals surface area contributed by atoms with Crippen LogP contribution >= 0.6 is 0 Å². The van der Waals surface area contributed by atoms with Crippen molar-refractivity contribution >= 4 is 30.9 Å². The number of hydrogen-bond acceptors (Lipinski definition) is 2.